The average molecular weight is 328 g/mol. The van der Waals surface area contributed by atoms with Crippen molar-refractivity contribution in [2.24, 2.45) is 5.92 Å². The predicted molar refractivity (Wildman–Crippen MR) is 91.9 cm³/mol. The van der Waals surface area contributed by atoms with E-state index in [0.29, 0.717) is 24.5 Å². The number of unbranched alkanes of at least 4 members (excludes halogenated alkanes) is 1. The molecule has 0 aromatic carbocycles. The molecule has 0 rings (SSSR count). The van der Waals surface area contributed by atoms with Crippen LogP contribution in [0.15, 0.2) is 24.8 Å². The van der Waals surface area contributed by atoms with Crippen molar-refractivity contribution in [2.45, 2.75) is 52.9 Å². The summed E-state index contributed by atoms with van der Waals surface area (Å²) >= 11 is 0. The van der Waals surface area contributed by atoms with Gasteiger partial charge in [-0.2, -0.15) is 0 Å². The molecule has 0 aromatic heterocycles. The average Bonchev–Trinajstić information content (AvgIpc) is 2.55. The third-order valence-corrected chi connectivity index (χ3v) is 3.06. The minimum atomic E-state index is -0.395. The van der Waals surface area contributed by atoms with Gasteiger partial charge in [-0.1, -0.05) is 46.3 Å². The van der Waals surface area contributed by atoms with Gasteiger partial charge in [0.05, 0.1) is 13.2 Å². The molecule has 0 saturated heterocycles. The summed E-state index contributed by atoms with van der Waals surface area (Å²) in [5.74, 6) is -0.188. The Labute approximate surface area is 140 Å². The second-order valence-corrected chi connectivity index (χ2v) is 5.24. The van der Waals surface area contributed by atoms with E-state index >= 15 is 0 Å². The summed E-state index contributed by atoms with van der Waals surface area (Å²) in [4.78, 5) is 21.4. The Kier molecular flexibility index (Phi) is 17.2. The number of ether oxygens (including phenoxy) is 2. The molecule has 0 radical (unpaired) electrons. The summed E-state index contributed by atoms with van der Waals surface area (Å²) in [5, 5.41) is 8.30. The summed E-state index contributed by atoms with van der Waals surface area (Å²) in [6.07, 6.45) is 6.34. The number of rotatable bonds is 11. The summed E-state index contributed by atoms with van der Waals surface area (Å²) < 4.78 is 9.63. The molecule has 0 amide bonds. The lowest BCUT2D eigenvalue weighted by atomic mass is 10.0. The Bertz CT molecular complexity index is 349. The molecule has 0 aliphatic carbocycles. The maximum atomic E-state index is 10.8. The van der Waals surface area contributed by atoms with Crippen LogP contribution in [0.25, 0.3) is 0 Å². The summed E-state index contributed by atoms with van der Waals surface area (Å²) in [6, 6.07) is 0. The van der Waals surface area contributed by atoms with E-state index in [1.807, 2.05) is 0 Å². The molecule has 1 N–H and O–H groups in total. The van der Waals surface area contributed by atoms with E-state index in [2.05, 4.69) is 31.7 Å². The van der Waals surface area contributed by atoms with Gasteiger partial charge in [0.1, 0.15) is 0 Å². The predicted octanol–water partition coefficient (Wildman–Crippen LogP) is 3.42. The first-order valence-electron chi connectivity index (χ1n) is 8.15. The van der Waals surface area contributed by atoms with Gasteiger partial charge in [0, 0.05) is 24.7 Å². The van der Waals surface area contributed by atoms with Crippen molar-refractivity contribution < 1.29 is 24.2 Å². The van der Waals surface area contributed by atoms with Gasteiger partial charge in [-0.15, -0.1) is 0 Å². The van der Waals surface area contributed by atoms with E-state index in [-0.39, 0.29) is 19.2 Å². The third kappa shape index (κ3) is 16.6. The molecule has 0 aliphatic rings. The fourth-order valence-electron chi connectivity index (χ4n) is 1.51. The van der Waals surface area contributed by atoms with Crippen LogP contribution >= 0.6 is 0 Å². The summed E-state index contributed by atoms with van der Waals surface area (Å²) in [6.45, 7) is 13.5. The lowest BCUT2D eigenvalue weighted by Crippen LogP contribution is -2.12. The number of aliphatic hydroxyl groups excluding tert-OH is 1. The van der Waals surface area contributed by atoms with Crippen molar-refractivity contribution in [2.75, 3.05) is 19.8 Å². The Morgan fingerprint density at radius 2 is 1.87 bits per heavy atom. The van der Waals surface area contributed by atoms with Crippen LogP contribution in [-0.2, 0) is 19.1 Å². The van der Waals surface area contributed by atoms with Gasteiger partial charge in [0.2, 0.25) is 0 Å². The number of hydrogen-bond donors (Lipinski definition) is 1. The lowest BCUT2D eigenvalue weighted by molar-refractivity contribution is -0.140. The Hall–Kier alpha value is -1.62. The largest absolute Gasteiger partial charge is 0.462 e. The van der Waals surface area contributed by atoms with Crippen LogP contribution in [0.4, 0.5) is 0 Å². The molecule has 0 fully saturated rings. The SMILES string of the molecule is C=C(C)C(=O)OCCCO.C=CC(=O)OCC(CC)CCCC. The molecule has 5 heteroatoms. The number of carbonyl (C=O) groups excluding carboxylic acids is 2. The Balaban J connectivity index is 0. The second-order valence-electron chi connectivity index (χ2n) is 5.24. The highest BCUT2D eigenvalue weighted by Gasteiger charge is 2.07. The molecule has 1 atom stereocenters. The number of aliphatic hydroxyl groups is 1. The first-order valence-corrected chi connectivity index (χ1v) is 8.15. The van der Waals surface area contributed by atoms with Gasteiger partial charge in [-0.3, -0.25) is 0 Å². The monoisotopic (exact) mass is 328 g/mol. The smallest absolute Gasteiger partial charge is 0.333 e. The van der Waals surface area contributed by atoms with E-state index in [4.69, 9.17) is 9.84 Å². The van der Waals surface area contributed by atoms with Crippen molar-refractivity contribution in [3.63, 3.8) is 0 Å². The van der Waals surface area contributed by atoms with Gasteiger partial charge in [0.25, 0.3) is 0 Å². The maximum absolute atomic E-state index is 10.8. The van der Waals surface area contributed by atoms with Crippen molar-refractivity contribution >= 4 is 11.9 Å². The van der Waals surface area contributed by atoms with Crippen LogP contribution in [-0.4, -0.2) is 36.9 Å². The van der Waals surface area contributed by atoms with E-state index < -0.39 is 5.97 Å². The minimum absolute atomic E-state index is 0.0451. The van der Waals surface area contributed by atoms with Crippen molar-refractivity contribution in [1.29, 1.82) is 0 Å². The third-order valence-electron chi connectivity index (χ3n) is 3.06. The van der Waals surface area contributed by atoms with Crippen LogP contribution < -0.4 is 0 Å². The number of hydrogen-bond acceptors (Lipinski definition) is 5. The van der Waals surface area contributed by atoms with E-state index in [1.54, 1.807) is 6.92 Å². The van der Waals surface area contributed by atoms with Gasteiger partial charge in [-0.25, -0.2) is 9.59 Å². The Morgan fingerprint density at radius 1 is 1.22 bits per heavy atom. The molecule has 1 unspecified atom stereocenters. The zero-order valence-electron chi connectivity index (χ0n) is 14.8. The zero-order valence-corrected chi connectivity index (χ0v) is 14.8. The van der Waals surface area contributed by atoms with E-state index in [9.17, 15) is 9.59 Å². The molecule has 0 spiro atoms. The Morgan fingerprint density at radius 3 is 2.30 bits per heavy atom. The maximum Gasteiger partial charge on any atom is 0.333 e. The minimum Gasteiger partial charge on any atom is -0.462 e. The fourth-order valence-corrected chi connectivity index (χ4v) is 1.51. The molecule has 134 valence electrons. The molecule has 0 aromatic rings. The van der Waals surface area contributed by atoms with Crippen LogP contribution in [0.2, 0.25) is 0 Å². The molecule has 0 aliphatic heterocycles. The number of carbonyl (C=O) groups is 2. The zero-order chi connectivity index (χ0) is 18.1. The summed E-state index contributed by atoms with van der Waals surface area (Å²) in [7, 11) is 0. The molecule has 0 bridgehead atoms. The molecular weight excluding hydrogens is 296 g/mol. The van der Waals surface area contributed by atoms with Crippen LogP contribution in [0.1, 0.15) is 52.9 Å². The molecule has 5 nitrogen and oxygen atoms in total. The van der Waals surface area contributed by atoms with Gasteiger partial charge in [-0.05, 0) is 19.3 Å². The van der Waals surface area contributed by atoms with Gasteiger partial charge in [0.15, 0.2) is 0 Å². The van der Waals surface area contributed by atoms with Crippen molar-refractivity contribution in [3.05, 3.63) is 24.8 Å². The van der Waals surface area contributed by atoms with Gasteiger partial charge < -0.3 is 14.6 Å². The fraction of sp³-hybridized carbons (Fsp3) is 0.667. The highest BCUT2D eigenvalue weighted by molar-refractivity contribution is 5.86. The first-order chi connectivity index (χ1) is 10.9. The molecule has 0 heterocycles. The normalized spacial score (nSPS) is 10.8. The first kappa shape index (κ1) is 23.6. The highest BCUT2D eigenvalue weighted by Crippen LogP contribution is 2.12. The van der Waals surface area contributed by atoms with E-state index in [1.165, 1.54) is 18.9 Å². The van der Waals surface area contributed by atoms with Crippen molar-refractivity contribution in [3.8, 4) is 0 Å². The second kappa shape index (κ2) is 16.7. The number of esters is 2. The van der Waals surface area contributed by atoms with Gasteiger partial charge >= 0.3 is 11.9 Å². The summed E-state index contributed by atoms with van der Waals surface area (Å²) in [5.41, 5.74) is 0.387. The van der Waals surface area contributed by atoms with Crippen LogP contribution in [0.5, 0.6) is 0 Å². The molecule has 23 heavy (non-hydrogen) atoms. The lowest BCUT2D eigenvalue weighted by Gasteiger charge is -2.13. The van der Waals surface area contributed by atoms with E-state index in [0.717, 1.165) is 12.8 Å². The van der Waals surface area contributed by atoms with Crippen molar-refractivity contribution in [1.82, 2.24) is 0 Å². The van der Waals surface area contributed by atoms with Crippen LogP contribution in [0.3, 0.4) is 0 Å². The molecule has 0 saturated carbocycles. The van der Waals surface area contributed by atoms with Crippen LogP contribution in [0, 0.1) is 5.92 Å². The topological polar surface area (TPSA) is 72.8 Å². The standard InChI is InChI=1S/C11H20O2.C7H12O3/c1-4-7-8-10(5-2)9-13-11(12)6-3;1-6(2)7(9)10-5-3-4-8/h6,10H,3-5,7-9H2,1-2H3;8H,1,3-5H2,2H3. The highest BCUT2D eigenvalue weighted by atomic mass is 16.5. The quantitative estimate of drug-likeness (QED) is 0.357. The molecular formula is C18H32O5.